The summed E-state index contributed by atoms with van der Waals surface area (Å²) in [4.78, 5) is 19.7. The molecule has 0 atom stereocenters. The van der Waals surface area contributed by atoms with Gasteiger partial charge in [0, 0.05) is 30.4 Å². The van der Waals surface area contributed by atoms with Gasteiger partial charge in [-0.2, -0.15) is 0 Å². The number of pyridine rings is 1. The second kappa shape index (κ2) is 6.13. The molecular formula is C18H17N5O4S. The van der Waals surface area contributed by atoms with E-state index in [0.717, 1.165) is 23.2 Å². The molecule has 3 aromatic heterocycles. The third-order valence-electron chi connectivity index (χ3n) is 4.59. The maximum absolute atomic E-state index is 12.4. The lowest BCUT2D eigenvalue weighted by Crippen LogP contribution is -2.05. The van der Waals surface area contributed by atoms with Gasteiger partial charge >= 0.3 is 5.97 Å². The molecule has 0 fully saturated rings. The number of nitrogens with one attached hydrogen (secondary N) is 1. The average Bonchev–Trinajstić information content (AvgIpc) is 3.17. The van der Waals surface area contributed by atoms with Crippen molar-refractivity contribution in [1.82, 2.24) is 25.0 Å². The number of H-pyrrole nitrogens is 1. The number of nitrogens with zero attached hydrogens (tertiary/aromatic N) is 4. The molecule has 0 aliphatic carbocycles. The minimum atomic E-state index is -3.61. The van der Waals surface area contributed by atoms with Gasteiger partial charge in [0.2, 0.25) is 0 Å². The number of carbonyl (C=O) groups excluding carboxylic acids is 1. The number of sulfone groups is 1. The Bertz CT molecular complexity index is 1350. The van der Waals surface area contributed by atoms with Crippen molar-refractivity contribution >= 4 is 37.7 Å². The molecule has 3 heterocycles. The van der Waals surface area contributed by atoms with Crippen molar-refractivity contribution < 1.29 is 17.9 Å². The Kier molecular flexibility index (Phi) is 3.96. The molecule has 144 valence electrons. The van der Waals surface area contributed by atoms with Crippen LogP contribution >= 0.6 is 0 Å². The van der Waals surface area contributed by atoms with E-state index in [9.17, 15) is 13.2 Å². The summed E-state index contributed by atoms with van der Waals surface area (Å²) in [5, 5.41) is 8.49. The van der Waals surface area contributed by atoms with E-state index < -0.39 is 15.8 Å². The number of benzene rings is 1. The summed E-state index contributed by atoms with van der Waals surface area (Å²) in [5.41, 5.74) is 4.13. The maximum atomic E-state index is 12.4. The van der Waals surface area contributed by atoms with Gasteiger partial charge in [0.25, 0.3) is 0 Å². The third kappa shape index (κ3) is 2.73. The Morgan fingerprint density at radius 1 is 1.21 bits per heavy atom. The van der Waals surface area contributed by atoms with Gasteiger partial charge in [-0.15, -0.1) is 5.10 Å². The number of esters is 1. The Balaban J connectivity index is 2.06. The maximum Gasteiger partial charge on any atom is 0.337 e. The van der Waals surface area contributed by atoms with E-state index in [-0.39, 0.29) is 10.5 Å². The number of rotatable bonds is 3. The van der Waals surface area contributed by atoms with Crippen molar-refractivity contribution in [2.24, 2.45) is 7.05 Å². The summed E-state index contributed by atoms with van der Waals surface area (Å²) in [7, 11) is -0.581. The Labute approximate surface area is 160 Å². The fourth-order valence-corrected chi connectivity index (χ4v) is 4.29. The zero-order valence-corrected chi connectivity index (χ0v) is 16.5. The van der Waals surface area contributed by atoms with Crippen molar-refractivity contribution in [3.05, 3.63) is 35.7 Å². The van der Waals surface area contributed by atoms with Crippen LogP contribution in [-0.2, 0) is 21.6 Å². The zero-order valence-electron chi connectivity index (χ0n) is 15.6. The number of ether oxygens (including phenoxy) is 1. The number of aryl methyl sites for hydroxylation is 2. The summed E-state index contributed by atoms with van der Waals surface area (Å²) in [6, 6.07) is 4.74. The lowest BCUT2D eigenvalue weighted by molar-refractivity contribution is 0.0600. The van der Waals surface area contributed by atoms with E-state index in [0.29, 0.717) is 21.9 Å². The molecule has 9 nitrogen and oxygen atoms in total. The molecule has 1 N–H and O–H groups in total. The summed E-state index contributed by atoms with van der Waals surface area (Å²) < 4.78 is 31.2. The van der Waals surface area contributed by atoms with E-state index in [1.807, 2.05) is 13.0 Å². The van der Waals surface area contributed by atoms with Crippen LogP contribution in [0.1, 0.15) is 16.1 Å². The predicted molar refractivity (Wildman–Crippen MR) is 103 cm³/mol. The summed E-state index contributed by atoms with van der Waals surface area (Å²) in [6.07, 6.45) is 2.75. The van der Waals surface area contributed by atoms with Crippen LogP contribution in [0.3, 0.4) is 0 Å². The molecule has 0 aliphatic rings. The van der Waals surface area contributed by atoms with Crippen molar-refractivity contribution in [3.63, 3.8) is 0 Å². The smallest absolute Gasteiger partial charge is 0.337 e. The monoisotopic (exact) mass is 399 g/mol. The molecule has 0 saturated carbocycles. The molecule has 0 spiro atoms. The van der Waals surface area contributed by atoms with Gasteiger partial charge in [-0.25, -0.2) is 17.9 Å². The highest BCUT2D eigenvalue weighted by Gasteiger charge is 2.22. The van der Waals surface area contributed by atoms with Gasteiger partial charge in [0.15, 0.2) is 9.84 Å². The SMILES string of the molecule is COC(=O)c1cc(S(C)(=O)=O)c2c(c1)[nH]c1cc(-c3c(C)nnn3C)cnc12. The van der Waals surface area contributed by atoms with Crippen LogP contribution < -0.4 is 0 Å². The first-order valence-corrected chi connectivity index (χ1v) is 10.2. The van der Waals surface area contributed by atoms with Gasteiger partial charge in [-0.1, -0.05) is 5.21 Å². The Morgan fingerprint density at radius 3 is 2.57 bits per heavy atom. The zero-order chi connectivity index (χ0) is 20.2. The van der Waals surface area contributed by atoms with Crippen molar-refractivity contribution in [3.8, 4) is 11.3 Å². The van der Waals surface area contributed by atoms with Crippen molar-refractivity contribution in [1.29, 1.82) is 0 Å². The highest BCUT2D eigenvalue weighted by atomic mass is 32.2. The second-order valence-electron chi connectivity index (χ2n) is 6.55. The minimum absolute atomic E-state index is 0.0234. The molecule has 28 heavy (non-hydrogen) atoms. The highest BCUT2D eigenvalue weighted by Crippen LogP contribution is 2.33. The lowest BCUT2D eigenvalue weighted by atomic mass is 10.1. The van der Waals surface area contributed by atoms with Gasteiger partial charge in [-0.05, 0) is 25.1 Å². The molecule has 4 aromatic rings. The van der Waals surface area contributed by atoms with Gasteiger partial charge in [0.1, 0.15) is 0 Å². The fraction of sp³-hybridized carbons (Fsp3) is 0.222. The van der Waals surface area contributed by atoms with Crippen molar-refractivity contribution in [2.45, 2.75) is 11.8 Å². The average molecular weight is 399 g/mol. The minimum Gasteiger partial charge on any atom is -0.465 e. The highest BCUT2D eigenvalue weighted by molar-refractivity contribution is 7.91. The molecule has 0 saturated heterocycles. The van der Waals surface area contributed by atoms with Crippen LogP contribution in [0.5, 0.6) is 0 Å². The van der Waals surface area contributed by atoms with Crippen LogP contribution in [0.2, 0.25) is 0 Å². The number of hydrogen-bond donors (Lipinski definition) is 1. The number of methoxy groups -OCH3 is 1. The van der Waals surface area contributed by atoms with Crippen LogP contribution in [0.25, 0.3) is 33.2 Å². The van der Waals surface area contributed by atoms with Gasteiger partial charge in [-0.3, -0.25) is 4.98 Å². The van der Waals surface area contributed by atoms with E-state index >= 15 is 0 Å². The first kappa shape index (κ1) is 18.1. The van der Waals surface area contributed by atoms with Gasteiger partial charge < -0.3 is 9.72 Å². The molecule has 0 bridgehead atoms. The van der Waals surface area contributed by atoms with Crippen LogP contribution in [0.15, 0.2) is 29.3 Å². The Hall–Kier alpha value is -3.27. The molecule has 0 radical (unpaired) electrons. The second-order valence-corrected chi connectivity index (χ2v) is 8.54. The number of hydrogen-bond acceptors (Lipinski definition) is 7. The normalized spacial score (nSPS) is 12.0. The van der Waals surface area contributed by atoms with E-state index in [1.165, 1.54) is 13.2 Å². The molecule has 0 amide bonds. The molecule has 4 rings (SSSR count). The summed E-state index contributed by atoms with van der Waals surface area (Å²) >= 11 is 0. The standard InChI is InChI=1S/C18H17N5O4S/c1-9-17(23(2)22-21-9)11-6-13-16(19-8-11)15-12(20-13)5-10(18(24)27-3)7-14(15)28(4,25)26/h5-8,20H,1-4H3. The molecule has 0 unspecified atom stereocenters. The topological polar surface area (TPSA) is 120 Å². The molecule has 0 aliphatic heterocycles. The van der Waals surface area contributed by atoms with Crippen LogP contribution in [0.4, 0.5) is 0 Å². The lowest BCUT2D eigenvalue weighted by Gasteiger charge is -2.05. The Morgan fingerprint density at radius 2 is 1.96 bits per heavy atom. The predicted octanol–water partition coefficient (Wildman–Crippen LogP) is 2.01. The summed E-state index contributed by atoms with van der Waals surface area (Å²) in [6.45, 7) is 1.85. The first-order valence-electron chi connectivity index (χ1n) is 8.31. The van der Waals surface area contributed by atoms with Crippen LogP contribution in [-0.4, -0.2) is 52.7 Å². The van der Waals surface area contributed by atoms with E-state index in [4.69, 9.17) is 4.74 Å². The first-order chi connectivity index (χ1) is 13.2. The third-order valence-corrected chi connectivity index (χ3v) is 5.71. The molecule has 1 aromatic carbocycles. The molecule has 10 heteroatoms. The van der Waals surface area contributed by atoms with E-state index in [2.05, 4.69) is 20.3 Å². The fourth-order valence-electron chi connectivity index (χ4n) is 3.38. The van der Waals surface area contributed by atoms with Crippen molar-refractivity contribution in [2.75, 3.05) is 13.4 Å². The quantitative estimate of drug-likeness (QED) is 0.523. The van der Waals surface area contributed by atoms with E-state index in [1.54, 1.807) is 24.0 Å². The molecular weight excluding hydrogens is 382 g/mol. The number of aromatic amines is 1. The number of aromatic nitrogens is 5. The largest absolute Gasteiger partial charge is 0.465 e. The number of fused-ring (bicyclic) bond motifs is 3. The van der Waals surface area contributed by atoms with Gasteiger partial charge in [0.05, 0.1) is 45.5 Å². The summed E-state index contributed by atoms with van der Waals surface area (Å²) in [5.74, 6) is -0.615. The van der Waals surface area contributed by atoms with Crippen LogP contribution in [0, 0.1) is 6.92 Å². The number of carbonyl (C=O) groups is 1.